The summed E-state index contributed by atoms with van der Waals surface area (Å²) in [6, 6.07) is 8.30. The van der Waals surface area contributed by atoms with E-state index in [-0.39, 0.29) is 6.54 Å². The van der Waals surface area contributed by atoms with Gasteiger partial charge < -0.3 is 15.7 Å². The molecule has 0 saturated heterocycles. The number of carbonyl (C=O) groups is 2. The number of carbonyl (C=O) groups excluding carboxylic acids is 2. The third kappa shape index (κ3) is 4.30. The van der Waals surface area contributed by atoms with Gasteiger partial charge in [-0.1, -0.05) is 11.6 Å². The van der Waals surface area contributed by atoms with Crippen molar-refractivity contribution in [2.45, 2.75) is 13.0 Å². The average molecular weight is 339 g/mol. The molecule has 0 radical (unpaired) electrons. The van der Waals surface area contributed by atoms with Gasteiger partial charge in [-0.25, -0.2) is 0 Å². The lowest BCUT2D eigenvalue weighted by atomic mass is 10.2. The topological polar surface area (TPSA) is 78.4 Å². The van der Waals surface area contributed by atoms with E-state index in [1.165, 1.54) is 11.3 Å². The molecule has 7 heteroatoms. The Morgan fingerprint density at radius 2 is 1.91 bits per heavy atom. The first-order valence-corrected chi connectivity index (χ1v) is 7.80. The predicted molar refractivity (Wildman–Crippen MR) is 87.1 cm³/mol. The first-order chi connectivity index (χ1) is 10.5. The van der Waals surface area contributed by atoms with Crippen LogP contribution in [0.5, 0.6) is 0 Å². The van der Waals surface area contributed by atoms with Crippen LogP contribution in [0, 0.1) is 6.92 Å². The molecule has 0 aliphatic carbocycles. The summed E-state index contributed by atoms with van der Waals surface area (Å²) in [5.74, 6) is -1.60. The zero-order valence-corrected chi connectivity index (χ0v) is 13.4. The number of aryl methyl sites for hydroxylation is 1. The van der Waals surface area contributed by atoms with Gasteiger partial charge in [0.1, 0.15) is 6.10 Å². The van der Waals surface area contributed by atoms with E-state index in [0.29, 0.717) is 10.7 Å². The molecule has 1 heterocycles. The van der Waals surface area contributed by atoms with Crippen molar-refractivity contribution in [1.29, 1.82) is 0 Å². The maximum atomic E-state index is 11.7. The molecule has 0 fully saturated rings. The van der Waals surface area contributed by atoms with Gasteiger partial charge in [-0.15, -0.1) is 11.3 Å². The molecule has 1 aromatic carbocycles. The lowest BCUT2D eigenvalue weighted by molar-refractivity contribution is -0.136. The van der Waals surface area contributed by atoms with Crippen molar-refractivity contribution in [3.8, 4) is 0 Å². The van der Waals surface area contributed by atoms with Crippen molar-refractivity contribution < 1.29 is 14.7 Å². The quantitative estimate of drug-likeness (QED) is 0.749. The van der Waals surface area contributed by atoms with E-state index < -0.39 is 17.9 Å². The average Bonchev–Trinajstić information content (AvgIpc) is 2.93. The number of anilines is 1. The Balaban J connectivity index is 1.85. The Hall–Kier alpha value is -1.89. The molecule has 0 bridgehead atoms. The standard InChI is InChI=1S/C15H15ClN2O3S/c1-9-6-7-22-13(9)12(19)8-17-14(20)15(21)18-11-4-2-10(16)3-5-11/h2-7,12,19H,8H2,1H3,(H,17,20)(H,18,21). The van der Waals surface area contributed by atoms with E-state index in [1.54, 1.807) is 24.3 Å². The van der Waals surface area contributed by atoms with E-state index in [9.17, 15) is 14.7 Å². The Morgan fingerprint density at radius 3 is 2.50 bits per heavy atom. The molecule has 22 heavy (non-hydrogen) atoms. The van der Waals surface area contributed by atoms with Crippen molar-refractivity contribution >= 4 is 40.4 Å². The van der Waals surface area contributed by atoms with Crippen LogP contribution < -0.4 is 10.6 Å². The van der Waals surface area contributed by atoms with Crippen LogP contribution in [0.1, 0.15) is 16.5 Å². The summed E-state index contributed by atoms with van der Waals surface area (Å²) in [4.78, 5) is 24.2. The van der Waals surface area contributed by atoms with E-state index >= 15 is 0 Å². The zero-order valence-electron chi connectivity index (χ0n) is 11.8. The van der Waals surface area contributed by atoms with E-state index in [0.717, 1.165) is 10.4 Å². The van der Waals surface area contributed by atoms with Crippen LogP contribution in [0.4, 0.5) is 5.69 Å². The highest BCUT2D eigenvalue weighted by Crippen LogP contribution is 2.23. The molecule has 2 aromatic rings. The molecule has 1 atom stereocenters. The first kappa shape index (κ1) is 16.5. The molecule has 0 aliphatic heterocycles. The number of thiophene rings is 1. The van der Waals surface area contributed by atoms with Gasteiger partial charge in [-0.05, 0) is 48.2 Å². The second-order valence-corrected chi connectivity index (χ2v) is 6.04. The number of benzene rings is 1. The van der Waals surface area contributed by atoms with Crippen LogP contribution in [-0.4, -0.2) is 23.5 Å². The highest BCUT2D eigenvalue weighted by molar-refractivity contribution is 7.10. The Labute approximate surface area is 136 Å². The predicted octanol–water partition coefficient (Wildman–Crippen LogP) is 2.50. The number of rotatable bonds is 4. The maximum absolute atomic E-state index is 11.7. The molecule has 5 nitrogen and oxygen atoms in total. The summed E-state index contributed by atoms with van der Waals surface area (Å²) in [6.07, 6.45) is -0.827. The molecular weight excluding hydrogens is 324 g/mol. The molecule has 2 rings (SSSR count). The SMILES string of the molecule is Cc1ccsc1C(O)CNC(=O)C(=O)Nc1ccc(Cl)cc1. The normalized spacial score (nSPS) is 11.8. The molecule has 0 aliphatic rings. The largest absolute Gasteiger partial charge is 0.386 e. The lowest BCUT2D eigenvalue weighted by Gasteiger charge is -2.11. The maximum Gasteiger partial charge on any atom is 0.313 e. The minimum absolute atomic E-state index is 0.0196. The number of hydrogen-bond donors (Lipinski definition) is 3. The minimum atomic E-state index is -0.827. The highest BCUT2D eigenvalue weighted by Gasteiger charge is 2.17. The van der Waals surface area contributed by atoms with Gasteiger partial charge in [0.25, 0.3) is 0 Å². The van der Waals surface area contributed by atoms with Gasteiger partial charge in [0, 0.05) is 22.1 Å². The third-order valence-corrected chi connectivity index (χ3v) is 4.34. The van der Waals surface area contributed by atoms with Crippen LogP contribution in [0.2, 0.25) is 5.02 Å². The van der Waals surface area contributed by atoms with Gasteiger partial charge in [0.2, 0.25) is 0 Å². The van der Waals surface area contributed by atoms with Crippen LogP contribution in [0.15, 0.2) is 35.7 Å². The van der Waals surface area contributed by atoms with Crippen molar-refractivity contribution in [3.63, 3.8) is 0 Å². The molecule has 0 spiro atoms. The van der Waals surface area contributed by atoms with Crippen molar-refractivity contribution in [1.82, 2.24) is 5.32 Å². The summed E-state index contributed by atoms with van der Waals surface area (Å²) in [7, 11) is 0. The van der Waals surface area contributed by atoms with E-state index in [2.05, 4.69) is 10.6 Å². The Morgan fingerprint density at radius 1 is 1.23 bits per heavy atom. The van der Waals surface area contributed by atoms with Gasteiger partial charge in [-0.2, -0.15) is 0 Å². The summed E-state index contributed by atoms with van der Waals surface area (Å²) in [6.45, 7) is 1.86. The number of hydrogen-bond acceptors (Lipinski definition) is 4. The summed E-state index contributed by atoms with van der Waals surface area (Å²) >= 11 is 7.15. The summed E-state index contributed by atoms with van der Waals surface area (Å²) in [5, 5.41) is 17.3. The van der Waals surface area contributed by atoms with E-state index in [1.807, 2.05) is 18.4 Å². The Kier molecular flexibility index (Phi) is 5.54. The fraction of sp³-hybridized carbons (Fsp3) is 0.200. The van der Waals surface area contributed by atoms with Crippen molar-refractivity contribution in [3.05, 3.63) is 51.2 Å². The molecule has 2 amide bonds. The van der Waals surface area contributed by atoms with Crippen LogP contribution in [0.25, 0.3) is 0 Å². The van der Waals surface area contributed by atoms with Gasteiger partial charge >= 0.3 is 11.8 Å². The first-order valence-electron chi connectivity index (χ1n) is 6.54. The number of nitrogens with one attached hydrogen (secondary N) is 2. The molecule has 1 aromatic heterocycles. The second kappa shape index (κ2) is 7.40. The van der Waals surface area contributed by atoms with Gasteiger partial charge in [0.15, 0.2) is 0 Å². The Bertz CT molecular complexity index is 670. The summed E-state index contributed by atoms with van der Waals surface area (Å²) in [5.41, 5.74) is 1.43. The smallest absolute Gasteiger partial charge is 0.313 e. The van der Waals surface area contributed by atoms with E-state index in [4.69, 9.17) is 11.6 Å². The zero-order chi connectivity index (χ0) is 16.1. The molecular formula is C15H15ClN2O3S. The van der Waals surface area contributed by atoms with Crippen LogP contribution in [-0.2, 0) is 9.59 Å². The number of aliphatic hydroxyl groups excluding tert-OH is 1. The second-order valence-electron chi connectivity index (χ2n) is 4.65. The molecule has 1 unspecified atom stereocenters. The fourth-order valence-corrected chi connectivity index (χ4v) is 2.85. The summed E-state index contributed by atoms with van der Waals surface area (Å²) < 4.78 is 0. The van der Waals surface area contributed by atoms with Gasteiger partial charge in [0.05, 0.1) is 0 Å². The molecule has 116 valence electrons. The number of amides is 2. The van der Waals surface area contributed by atoms with Crippen molar-refractivity contribution in [2.24, 2.45) is 0 Å². The lowest BCUT2D eigenvalue weighted by Crippen LogP contribution is -2.37. The molecule has 3 N–H and O–H groups in total. The minimum Gasteiger partial charge on any atom is -0.386 e. The van der Waals surface area contributed by atoms with Crippen LogP contribution >= 0.6 is 22.9 Å². The third-order valence-electron chi connectivity index (χ3n) is 2.97. The highest BCUT2D eigenvalue weighted by atomic mass is 35.5. The number of aliphatic hydroxyl groups is 1. The fourth-order valence-electron chi connectivity index (χ4n) is 1.81. The number of halogens is 1. The van der Waals surface area contributed by atoms with Crippen LogP contribution in [0.3, 0.4) is 0 Å². The monoisotopic (exact) mass is 338 g/mol. The van der Waals surface area contributed by atoms with Gasteiger partial charge in [-0.3, -0.25) is 9.59 Å². The molecule has 0 saturated carbocycles. The van der Waals surface area contributed by atoms with Crippen molar-refractivity contribution in [2.75, 3.05) is 11.9 Å².